The first-order chi connectivity index (χ1) is 7.18. The van der Waals surface area contributed by atoms with Gasteiger partial charge in [-0.1, -0.05) is 0 Å². The van der Waals surface area contributed by atoms with Crippen molar-refractivity contribution in [2.24, 2.45) is 5.73 Å². The highest BCUT2D eigenvalue weighted by Gasteiger charge is 2.14. The molecule has 6 heteroatoms. The standard InChI is InChI=1S/C10H11N3O2.H2O/c11-8(10(14)15)3-6-4-13-9-1-2-12-5-7(6)9;/h1-2,4-5,8,13H,3,11H2,(H,14,15);1H2/t8-;/m0./s1. The molecule has 6 N–H and O–H groups in total. The number of hydrogen-bond acceptors (Lipinski definition) is 3. The van der Waals surface area contributed by atoms with E-state index in [0.29, 0.717) is 6.42 Å². The van der Waals surface area contributed by atoms with E-state index in [2.05, 4.69) is 9.97 Å². The lowest BCUT2D eigenvalue weighted by molar-refractivity contribution is -0.138. The summed E-state index contributed by atoms with van der Waals surface area (Å²) in [5.74, 6) is -0.992. The molecule has 2 aromatic rings. The number of carboxylic acids is 1. The quantitative estimate of drug-likeness (QED) is 0.660. The van der Waals surface area contributed by atoms with E-state index in [4.69, 9.17) is 10.8 Å². The lowest BCUT2D eigenvalue weighted by Gasteiger charge is -2.04. The molecule has 0 aliphatic heterocycles. The minimum Gasteiger partial charge on any atom is -0.480 e. The second-order valence-electron chi connectivity index (χ2n) is 3.38. The maximum absolute atomic E-state index is 10.6. The molecule has 0 saturated heterocycles. The Bertz CT molecular complexity index is 495. The van der Waals surface area contributed by atoms with Gasteiger partial charge in [-0.15, -0.1) is 0 Å². The summed E-state index contributed by atoms with van der Waals surface area (Å²) in [5.41, 5.74) is 7.29. The summed E-state index contributed by atoms with van der Waals surface area (Å²) in [6, 6.07) is 0.967. The van der Waals surface area contributed by atoms with Crippen LogP contribution in [0.2, 0.25) is 0 Å². The highest BCUT2D eigenvalue weighted by molar-refractivity contribution is 5.83. The molecular weight excluding hydrogens is 210 g/mol. The monoisotopic (exact) mass is 223 g/mol. The molecule has 0 aliphatic rings. The third-order valence-electron chi connectivity index (χ3n) is 2.33. The van der Waals surface area contributed by atoms with Gasteiger partial charge in [-0.3, -0.25) is 9.78 Å². The van der Waals surface area contributed by atoms with Crippen molar-refractivity contribution in [3.8, 4) is 0 Å². The van der Waals surface area contributed by atoms with Crippen LogP contribution in [0.25, 0.3) is 10.9 Å². The van der Waals surface area contributed by atoms with Crippen LogP contribution in [0.3, 0.4) is 0 Å². The molecule has 0 aromatic carbocycles. The van der Waals surface area contributed by atoms with Gasteiger partial charge in [0.1, 0.15) is 6.04 Å². The molecule has 6 nitrogen and oxygen atoms in total. The van der Waals surface area contributed by atoms with Crippen molar-refractivity contribution in [1.29, 1.82) is 0 Å². The van der Waals surface area contributed by atoms with Crippen molar-refractivity contribution in [3.05, 3.63) is 30.2 Å². The first-order valence-electron chi connectivity index (χ1n) is 4.57. The van der Waals surface area contributed by atoms with E-state index < -0.39 is 12.0 Å². The van der Waals surface area contributed by atoms with Crippen LogP contribution in [-0.2, 0) is 11.2 Å². The van der Waals surface area contributed by atoms with E-state index in [1.54, 1.807) is 18.6 Å². The van der Waals surface area contributed by atoms with Crippen molar-refractivity contribution >= 4 is 16.9 Å². The van der Waals surface area contributed by atoms with Gasteiger partial charge in [0.15, 0.2) is 0 Å². The van der Waals surface area contributed by atoms with E-state index in [1.165, 1.54) is 0 Å². The Hall–Kier alpha value is -1.92. The summed E-state index contributed by atoms with van der Waals surface area (Å²) in [5, 5.41) is 9.63. The number of aliphatic carboxylic acids is 1. The van der Waals surface area contributed by atoms with Crippen LogP contribution in [0, 0.1) is 0 Å². The topological polar surface area (TPSA) is 124 Å². The van der Waals surface area contributed by atoms with Gasteiger partial charge >= 0.3 is 5.97 Å². The zero-order valence-corrected chi connectivity index (χ0v) is 8.47. The fraction of sp³-hybridized carbons (Fsp3) is 0.200. The molecule has 0 spiro atoms. The number of aromatic amines is 1. The lowest BCUT2D eigenvalue weighted by Crippen LogP contribution is -2.32. The molecule has 0 saturated carbocycles. The van der Waals surface area contributed by atoms with E-state index in [0.717, 1.165) is 16.5 Å². The van der Waals surface area contributed by atoms with Gasteiger partial charge in [-0.25, -0.2) is 0 Å². The van der Waals surface area contributed by atoms with Gasteiger partial charge in [-0.05, 0) is 11.6 Å². The third-order valence-corrected chi connectivity index (χ3v) is 2.33. The van der Waals surface area contributed by atoms with Crippen molar-refractivity contribution in [3.63, 3.8) is 0 Å². The largest absolute Gasteiger partial charge is 0.480 e. The second-order valence-corrected chi connectivity index (χ2v) is 3.38. The Morgan fingerprint density at radius 3 is 3.06 bits per heavy atom. The summed E-state index contributed by atoms with van der Waals surface area (Å²) in [6.45, 7) is 0. The van der Waals surface area contributed by atoms with Gasteiger partial charge in [0.25, 0.3) is 0 Å². The molecule has 0 bridgehead atoms. The number of carboxylic acid groups (broad SMARTS) is 1. The van der Waals surface area contributed by atoms with Crippen LogP contribution in [0.1, 0.15) is 5.56 Å². The zero-order chi connectivity index (χ0) is 10.8. The fourth-order valence-corrected chi connectivity index (χ4v) is 1.51. The molecule has 0 fully saturated rings. The van der Waals surface area contributed by atoms with Crippen LogP contribution >= 0.6 is 0 Å². The molecule has 0 unspecified atom stereocenters. The third kappa shape index (κ3) is 2.18. The summed E-state index contributed by atoms with van der Waals surface area (Å²) >= 11 is 0. The molecule has 0 amide bonds. The first kappa shape index (κ1) is 12.2. The van der Waals surface area contributed by atoms with Crippen LogP contribution in [0.4, 0.5) is 0 Å². The van der Waals surface area contributed by atoms with E-state index in [1.807, 2.05) is 6.07 Å². The van der Waals surface area contributed by atoms with Gasteiger partial charge in [0.05, 0.1) is 0 Å². The Balaban J connectivity index is 0.00000128. The highest BCUT2D eigenvalue weighted by atomic mass is 16.4. The first-order valence-corrected chi connectivity index (χ1v) is 4.57. The van der Waals surface area contributed by atoms with Gasteiger partial charge < -0.3 is 21.3 Å². The summed E-state index contributed by atoms with van der Waals surface area (Å²) in [4.78, 5) is 17.6. The Morgan fingerprint density at radius 1 is 1.62 bits per heavy atom. The molecule has 2 heterocycles. The SMILES string of the molecule is N[C@@H](Cc1c[nH]c2ccncc12)C(=O)O.O. The van der Waals surface area contributed by atoms with Crippen molar-refractivity contribution < 1.29 is 15.4 Å². The van der Waals surface area contributed by atoms with Crippen molar-refractivity contribution in [2.75, 3.05) is 0 Å². The zero-order valence-electron chi connectivity index (χ0n) is 8.47. The number of nitrogens with two attached hydrogens (primary N) is 1. The predicted octanol–water partition coefficient (Wildman–Crippen LogP) is -0.307. The maximum Gasteiger partial charge on any atom is 0.320 e. The number of nitrogens with zero attached hydrogens (tertiary/aromatic N) is 1. The number of hydrogen-bond donors (Lipinski definition) is 3. The number of fused-ring (bicyclic) bond motifs is 1. The number of rotatable bonds is 3. The highest BCUT2D eigenvalue weighted by Crippen LogP contribution is 2.17. The molecule has 0 radical (unpaired) electrons. The van der Waals surface area contributed by atoms with Crippen LogP contribution in [0.15, 0.2) is 24.7 Å². The summed E-state index contributed by atoms with van der Waals surface area (Å²) < 4.78 is 0. The van der Waals surface area contributed by atoms with Crippen molar-refractivity contribution in [2.45, 2.75) is 12.5 Å². The fourth-order valence-electron chi connectivity index (χ4n) is 1.51. The Labute approximate surface area is 91.4 Å². The normalized spacial score (nSPS) is 12.1. The second kappa shape index (κ2) is 4.73. The van der Waals surface area contributed by atoms with Gasteiger partial charge in [-0.2, -0.15) is 0 Å². The van der Waals surface area contributed by atoms with E-state index in [9.17, 15) is 4.79 Å². The predicted molar refractivity (Wildman–Crippen MR) is 59.0 cm³/mol. The minimum absolute atomic E-state index is 0. The summed E-state index contributed by atoms with van der Waals surface area (Å²) in [6.07, 6.45) is 5.46. The van der Waals surface area contributed by atoms with Gasteiger partial charge in [0.2, 0.25) is 0 Å². The maximum atomic E-state index is 10.6. The van der Waals surface area contributed by atoms with E-state index >= 15 is 0 Å². The lowest BCUT2D eigenvalue weighted by atomic mass is 10.1. The number of H-pyrrole nitrogens is 1. The van der Waals surface area contributed by atoms with E-state index in [-0.39, 0.29) is 5.48 Å². The van der Waals surface area contributed by atoms with Crippen LogP contribution in [0.5, 0.6) is 0 Å². The smallest absolute Gasteiger partial charge is 0.320 e. The molecule has 2 aromatic heterocycles. The molecule has 86 valence electrons. The number of nitrogens with one attached hydrogen (secondary N) is 1. The van der Waals surface area contributed by atoms with Crippen molar-refractivity contribution in [1.82, 2.24) is 9.97 Å². The summed E-state index contributed by atoms with van der Waals surface area (Å²) in [7, 11) is 0. The molecule has 2 rings (SSSR count). The van der Waals surface area contributed by atoms with Gasteiger partial charge in [0, 0.05) is 35.9 Å². The number of pyridine rings is 1. The number of carbonyl (C=O) groups is 1. The molecule has 1 atom stereocenters. The Morgan fingerprint density at radius 2 is 2.38 bits per heavy atom. The average Bonchev–Trinajstić information content (AvgIpc) is 2.62. The molecule has 16 heavy (non-hydrogen) atoms. The molecular formula is C10H13N3O3. The number of aromatic nitrogens is 2. The average molecular weight is 223 g/mol. The minimum atomic E-state index is -0.992. The molecule has 0 aliphatic carbocycles. The van der Waals surface area contributed by atoms with Crippen LogP contribution in [-0.4, -0.2) is 32.6 Å². The van der Waals surface area contributed by atoms with Crippen LogP contribution < -0.4 is 5.73 Å². The Kier molecular flexibility index (Phi) is 3.60.